The summed E-state index contributed by atoms with van der Waals surface area (Å²) in [6.45, 7) is 14.4. The van der Waals surface area contributed by atoms with Crippen molar-refractivity contribution in [3.63, 3.8) is 0 Å². The van der Waals surface area contributed by atoms with Gasteiger partial charge in [-0.25, -0.2) is 0 Å². The van der Waals surface area contributed by atoms with Gasteiger partial charge in [0, 0.05) is 23.8 Å². The molecule has 2 heteroatoms. The molecule has 0 fully saturated rings. The van der Waals surface area contributed by atoms with Crippen LogP contribution in [0.4, 0.5) is 0 Å². The minimum absolute atomic E-state index is 0.341. The molecule has 1 aromatic rings. The monoisotopic (exact) mass is 366 g/mol. The van der Waals surface area contributed by atoms with Gasteiger partial charge in [-0.3, -0.25) is 0 Å². The van der Waals surface area contributed by atoms with Gasteiger partial charge in [-0.05, 0) is 63.9 Å². The zero-order valence-electron chi connectivity index (χ0n) is 17.6. The first-order chi connectivity index (χ1) is 13.1. The molecule has 1 aromatic carbocycles. The van der Waals surface area contributed by atoms with E-state index < -0.39 is 0 Å². The van der Waals surface area contributed by atoms with Gasteiger partial charge in [0.05, 0.1) is 0 Å². The minimum Gasteiger partial charge on any atom is -0.361 e. The van der Waals surface area contributed by atoms with Crippen molar-refractivity contribution in [3.8, 4) is 0 Å². The molecule has 148 valence electrons. The third kappa shape index (κ3) is 6.39. The van der Waals surface area contributed by atoms with Gasteiger partial charge in [0.25, 0.3) is 0 Å². The molecule has 0 saturated carbocycles. The summed E-state index contributed by atoms with van der Waals surface area (Å²) in [6, 6.07) is 7.32. The molecular formula is C25H38N2. The lowest BCUT2D eigenvalue weighted by Crippen LogP contribution is -2.27. The fourth-order valence-corrected chi connectivity index (χ4v) is 3.94. The van der Waals surface area contributed by atoms with Gasteiger partial charge in [0.15, 0.2) is 0 Å². The molecule has 1 atom stereocenters. The van der Waals surface area contributed by atoms with E-state index in [2.05, 4.69) is 67.9 Å². The van der Waals surface area contributed by atoms with Crippen LogP contribution < -0.4 is 0 Å². The van der Waals surface area contributed by atoms with Gasteiger partial charge in [-0.15, -0.1) is 13.2 Å². The first kappa shape index (κ1) is 21.5. The van der Waals surface area contributed by atoms with Crippen LogP contribution >= 0.6 is 0 Å². The molecule has 1 heterocycles. The average Bonchev–Trinajstić information content (AvgIpc) is 2.97. The Hall–Kier alpha value is -1.80. The molecule has 1 aliphatic rings. The zero-order valence-corrected chi connectivity index (χ0v) is 17.6. The first-order valence-corrected chi connectivity index (χ1v) is 10.5. The van der Waals surface area contributed by atoms with Crippen molar-refractivity contribution in [1.82, 2.24) is 9.80 Å². The summed E-state index contributed by atoms with van der Waals surface area (Å²) in [6.07, 6.45) is 14.0. The molecule has 0 bridgehead atoms. The lowest BCUT2D eigenvalue weighted by molar-refractivity contribution is 0.334. The Morgan fingerprint density at radius 3 is 2.56 bits per heavy atom. The van der Waals surface area contributed by atoms with Crippen molar-refractivity contribution >= 4 is 5.70 Å². The van der Waals surface area contributed by atoms with Gasteiger partial charge >= 0.3 is 0 Å². The van der Waals surface area contributed by atoms with Crippen molar-refractivity contribution in [2.75, 3.05) is 20.6 Å². The predicted molar refractivity (Wildman–Crippen MR) is 120 cm³/mol. The number of aryl methyl sites for hydroxylation is 1. The summed E-state index contributed by atoms with van der Waals surface area (Å²) in [5, 5.41) is 0. The third-order valence-corrected chi connectivity index (χ3v) is 5.58. The highest BCUT2D eigenvalue weighted by molar-refractivity contribution is 5.69. The number of fused-ring (bicyclic) bond motifs is 1. The quantitative estimate of drug-likeness (QED) is 0.310. The Morgan fingerprint density at radius 1 is 1.11 bits per heavy atom. The summed E-state index contributed by atoms with van der Waals surface area (Å²) in [7, 11) is 4.31. The maximum Gasteiger partial charge on any atom is 0.0477 e. The van der Waals surface area contributed by atoms with Gasteiger partial charge in [-0.2, -0.15) is 0 Å². The second kappa shape index (κ2) is 11.1. The fourth-order valence-electron chi connectivity index (χ4n) is 3.94. The Kier molecular flexibility index (Phi) is 8.87. The molecule has 0 N–H and O–H groups in total. The molecule has 2 rings (SSSR count). The molecule has 2 nitrogen and oxygen atoms in total. The second-order valence-electron chi connectivity index (χ2n) is 8.06. The lowest BCUT2D eigenvalue weighted by atomic mass is 10.0. The Balaban J connectivity index is 1.82. The molecule has 0 saturated heterocycles. The van der Waals surface area contributed by atoms with Crippen LogP contribution in [0.2, 0.25) is 0 Å². The molecule has 0 amide bonds. The summed E-state index contributed by atoms with van der Waals surface area (Å²) < 4.78 is 0. The average molecular weight is 367 g/mol. The normalized spacial score (nSPS) is 14.5. The SMILES string of the molecule is C=CCCC(C=C)N1Cc2cc(CCCCCCCN(C)C)ccc2C1=C. The fraction of sp³-hybridized carbons (Fsp3) is 0.520. The molecule has 0 radical (unpaired) electrons. The van der Waals surface area contributed by atoms with E-state index >= 15 is 0 Å². The van der Waals surface area contributed by atoms with E-state index in [0.29, 0.717) is 6.04 Å². The van der Waals surface area contributed by atoms with Gasteiger partial charge in [-0.1, -0.05) is 56.2 Å². The summed E-state index contributed by atoms with van der Waals surface area (Å²) >= 11 is 0. The number of hydrogen-bond acceptors (Lipinski definition) is 2. The number of benzene rings is 1. The van der Waals surface area contributed by atoms with Crippen LogP contribution in [0.25, 0.3) is 5.70 Å². The molecule has 27 heavy (non-hydrogen) atoms. The van der Waals surface area contributed by atoms with Gasteiger partial charge < -0.3 is 9.80 Å². The largest absolute Gasteiger partial charge is 0.361 e. The molecule has 0 aromatic heterocycles. The van der Waals surface area contributed by atoms with E-state index in [-0.39, 0.29) is 0 Å². The molecule has 1 unspecified atom stereocenters. The van der Waals surface area contributed by atoms with Crippen molar-refractivity contribution in [1.29, 1.82) is 0 Å². The maximum atomic E-state index is 4.35. The Labute approximate surface area is 167 Å². The van der Waals surface area contributed by atoms with Crippen LogP contribution in [0.3, 0.4) is 0 Å². The smallest absolute Gasteiger partial charge is 0.0477 e. The molecule has 0 aliphatic carbocycles. The Bertz CT molecular complexity index is 629. The zero-order chi connectivity index (χ0) is 19.6. The van der Waals surface area contributed by atoms with Crippen LogP contribution in [0.15, 0.2) is 50.1 Å². The third-order valence-electron chi connectivity index (χ3n) is 5.58. The highest BCUT2D eigenvalue weighted by Gasteiger charge is 2.26. The first-order valence-electron chi connectivity index (χ1n) is 10.5. The van der Waals surface area contributed by atoms with Crippen molar-refractivity contribution < 1.29 is 0 Å². The van der Waals surface area contributed by atoms with Gasteiger partial charge in [0.1, 0.15) is 0 Å². The molecule has 0 spiro atoms. The van der Waals surface area contributed by atoms with E-state index in [1.165, 1.54) is 61.8 Å². The number of unbranched alkanes of at least 4 members (excludes halogenated alkanes) is 4. The number of allylic oxidation sites excluding steroid dienone is 1. The number of rotatable bonds is 13. The predicted octanol–water partition coefficient (Wildman–Crippen LogP) is 6.05. The maximum absolute atomic E-state index is 4.35. The van der Waals surface area contributed by atoms with Crippen molar-refractivity contribution in [3.05, 3.63) is 66.8 Å². The van der Waals surface area contributed by atoms with Crippen LogP contribution in [-0.2, 0) is 13.0 Å². The summed E-state index contributed by atoms with van der Waals surface area (Å²) in [4.78, 5) is 4.67. The van der Waals surface area contributed by atoms with Crippen LogP contribution in [0.5, 0.6) is 0 Å². The van der Waals surface area contributed by atoms with E-state index in [1.54, 1.807) is 0 Å². The van der Waals surface area contributed by atoms with Crippen LogP contribution in [-0.4, -0.2) is 36.5 Å². The summed E-state index contributed by atoms with van der Waals surface area (Å²) in [5.74, 6) is 0. The highest BCUT2D eigenvalue weighted by Crippen LogP contribution is 2.35. The Morgan fingerprint density at radius 2 is 1.85 bits per heavy atom. The minimum atomic E-state index is 0.341. The van der Waals surface area contributed by atoms with Gasteiger partial charge in [0.2, 0.25) is 0 Å². The highest BCUT2D eigenvalue weighted by atomic mass is 15.2. The second-order valence-corrected chi connectivity index (χ2v) is 8.06. The van der Waals surface area contributed by atoms with E-state index in [9.17, 15) is 0 Å². The van der Waals surface area contributed by atoms with Crippen molar-refractivity contribution in [2.45, 2.75) is 64.0 Å². The van der Waals surface area contributed by atoms with Crippen molar-refractivity contribution in [2.24, 2.45) is 0 Å². The molecule has 1 aliphatic heterocycles. The summed E-state index contributed by atoms with van der Waals surface area (Å²) in [5.41, 5.74) is 5.35. The number of nitrogens with zero attached hydrogens (tertiary/aromatic N) is 2. The number of hydrogen-bond donors (Lipinski definition) is 0. The van der Waals surface area contributed by atoms with E-state index in [0.717, 1.165) is 25.1 Å². The van der Waals surface area contributed by atoms with Crippen LogP contribution in [0.1, 0.15) is 61.6 Å². The lowest BCUT2D eigenvalue weighted by Gasteiger charge is -2.27. The van der Waals surface area contributed by atoms with Crippen LogP contribution in [0, 0.1) is 0 Å². The van der Waals surface area contributed by atoms with E-state index in [4.69, 9.17) is 0 Å². The molecular weight excluding hydrogens is 328 g/mol. The topological polar surface area (TPSA) is 6.48 Å². The van der Waals surface area contributed by atoms with E-state index in [1.807, 2.05) is 6.08 Å². The standard InChI is InChI=1S/C25H38N2/c1-6-8-15-24(7-2)27-20-23-19-22(16-17-25(23)21(27)3)14-12-10-9-11-13-18-26(4)5/h6-7,16-17,19,24H,1-3,8-15,18,20H2,4-5H3.